The van der Waals surface area contributed by atoms with Crippen LogP contribution in [0.2, 0.25) is 0 Å². The van der Waals surface area contributed by atoms with Gasteiger partial charge in [-0.25, -0.2) is 0 Å². The molecule has 0 saturated carbocycles. The van der Waals surface area contributed by atoms with Crippen LogP contribution in [-0.2, 0) is 6.42 Å². The topological polar surface area (TPSA) is 29.5 Å². The highest BCUT2D eigenvalue weighted by atomic mass is 16.5. The zero-order valence-corrected chi connectivity index (χ0v) is 8.86. The summed E-state index contributed by atoms with van der Waals surface area (Å²) in [5, 5.41) is 9.11. The SMILES string of the molecule is COc1cccc(CCCC(C)O)c1. The molecule has 0 fully saturated rings. The normalized spacial score (nSPS) is 12.5. The van der Waals surface area contributed by atoms with Crippen molar-refractivity contribution in [2.24, 2.45) is 0 Å². The summed E-state index contributed by atoms with van der Waals surface area (Å²) in [7, 11) is 1.68. The predicted octanol–water partition coefficient (Wildman–Crippen LogP) is 2.40. The number of rotatable bonds is 5. The lowest BCUT2D eigenvalue weighted by Crippen LogP contribution is -1.99. The highest BCUT2D eigenvalue weighted by Crippen LogP contribution is 2.14. The maximum Gasteiger partial charge on any atom is 0.119 e. The molecule has 0 aliphatic carbocycles. The van der Waals surface area contributed by atoms with Crippen LogP contribution in [0.15, 0.2) is 24.3 Å². The molecule has 14 heavy (non-hydrogen) atoms. The minimum absolute atomic E-state index is 0.194. The third-order valence-electron chi connectivity index (χ3n) is 2.22. The molecule has 0 amide bonds. The number of benzene rings is 1. The molecule has 0 bridgehead atoms. The highest BCUT2D eigenvalue weighted by Gasteiger charge is 1.98. The van der Waals surface area contributed by atoms with Crippen LogP contribution in [0.1, 0.15) is 25.3 Å². The summed E-state index contributed by atoms with van der Waals surface area (Å²) in [6, 6.07) is 8.07. The van der Waals surface area contributed by atoms with Gasteiger partial charge in [-0.05, 0) is 43.9 Å². The van der Waals surface area contributed by atoms with Crippen molar-refractivity contribution in [1.82, 2.24) is 0 Å². The Balaban J connectivity index is 2.42. The molecule has 0 aromatic heterocycles. The maximum atomic E-state index is 9.11. The summed E-state index contributed by atoms with van der Waals surface area (Å²) >= 11 is 0. The summed E-state index contributed by atoms with van der Waals surface area (Å²) < 4.78 is 5.13. The van der Waals surface area contributed by atoms with Gasteiger partial charge in [0.15, 0.2) is 0 Å². The van der Waals surface area contributed by atoms with Crippen molar-refractivity contribution in [3.05, 3.63) is 29.8 Å². The minimum Gasteiger partial charge on any atom is -0.497 e. The number of hydrogen-bond donors (Lipinski definition) is 1. The maximum absolute atomic E-state index is 9.11. The molecule has 0 radical (unpaired) electrons. The summed E-state index contributed by atoms with van der Waals surface area (Å²) in [6.07, 6.45) is 2.69. The molecule has 0 aliphatic heterocycles. The van der Waals surface area contributed by atoms with E-state index in [4.69, 9.17) is 9.84 Å². The van der Waals surface area contributed by atoms with E-state index in [0.717, 1.165) is 25.0 Å². The van der Waals surface area contributed by atoms with Gasteiger partial charge in [-0.15, -0.1) is 0 Å². The fourth-order valence-electron chi connectivity index (χ4n) is 1.43. The molecule has 2 heteroatoms. The van der Waals surface area contributed by atoms with E-state index < -0.39 is 0 Å². The van der Waals surface area contributed by atoms with Gasteiger partial charge < -0.3 is 9.84 Å². The first-order valence-electron chi connectivity index (χ1n) is 5.03. The number of hydrogen-bond acceptors (Lipinski definition) is 2. The van der Waals surface area contributed by atoms with Crippen molar-refractivity contribution in [1.29, 1.82) is 0 Å². The summed E-state index contributed by atoms with van der Waals surface area (Å²) in [5.74, 6) is 0.902. The molecular formula is C12H18O2. The average Bonchev–Trinajstić information content (AvgIpc) is 2.18. The Morgan fingerprint density at radius 2 is 2.21 bits per heavy atom. The molecule has 1 unspecified atom stereocenters. The molecule has 1 rings (SSSR count). The standard InChI is InChI=1S/C12H18O2/c1-10(13)5-3-6-11-7-4-8-12(9-11)14-2/h4,7-10,13H,3,5-6H2,1-2H3. The smallest absolute Gasteiger partial charge is 0.119 e. The first-order valence-corrected chi connectivity index (χ1v) is 5.03. The molecule has 0 saturated heterocycles. The van der Waals surface area contributed by atoms with E-state index in [1.54, 1.807) is 7.11 Å². The fourth-order valence-corrected chi connectivity index (χ4v) is 1.43. The van der Waals surface area contributed by atoms with Gasteiger partial charge in [0.25, 0.3) is 0 Å². The van der Waals surface area contributed by atoms with Crippen molar-refractivity contribution in [2.45, 2.75) is 32.3 Å². The molecule has 1 aromatic carbocycles. The average molecular weight is 194 g/mol. The Kier molecular flexibility index (Phi) is 4.47. The summed E-state index contributed by atoms with van der Waals surface area (Å²) in [4.78, 5) is 0. The van der Waals surface area contributed by atoms with Gasteiger partial charge >= 0.3 is 0 Å². The van der Waals surface area contributed by atoms with Crippen molar-refractivity contribution in [2.75, 3.05) is 7.11 Å². The van der Waals surface area contributed by atoms with Gasteiger partial charge in [0.05, 0.1) is 13.2 Å². The van der Waals surface area contributed by atoms with E-state index in [2.05, 4.69) is 6.07 Å². The highest BCUT2D eigenvalue weighted by molar-refractivity contribution is 5.28. The summed E-state index contributed by atoms with van der Waals surface area (Å²) in [5.41, 5.74) is 1.27. The molecule has 1 atom stereocenters. The van der Waals surface area contributed by atoms with E-state index in [-0.39, 0.29) is 6.10 Å². The Morgan fingerprint density at radius 1 is 1.43 bits per heavy atom. The van der Waals surface area contributed by atoms with Crippen molar-refractivity contribution in [3.8, 4) is 5.75 Å². The van der Waals surface area contributed by atoms with Crippen molar-refractivity contribution in [3.63, 3.8) is 0 Å². The predicted molar refractivity (Wildman–Crippen MR) is 57.6 cm³/mol. The molecule has 0 spiro atoms. The third-order valence-corrected chi connectivity index (χ3v) is 2.22. The Hall–Kier alpha value is -1.02. The van der Waals surface area contributed by atoms with Gasteiger partial charge in [-0.2, -0.15) is 0 Å². The first-order chi connectivity index (χ1) is 6.72. The quantitative estimate of drug-likeness (QED) is 0.780. The Labute approximate surface area is 85.5 Å². The number of aliphatic hydroxyl groups is 1. The number of ether oxygens (including phenoxy) is 1. The van der Waals surface area contributed by atoms with Crippen molar-refractivity contribution >= 4 is 0 Å². The van der Waals surface area contributed by atoms with Crippen LogP contribution in [-0.4, -0.2) is 18.3 Å². The van der Waals surface area contributed by atoms with E-state index in [1.165, 1.54) is 5.56 Å². The molecular weight excluding hydrogens is 176 g/mol. The lowest BCUT2D eigenvalue weighted by molar-refractivity contribution is 0.181. The van der Waals surface area contributed by atoms with Crippen LogP contribution in [0.25, 0.3) is 0 Å². The Morgan fingerprint density at radius 3 is 2.86 bits per heavy atom. The second-order valence-corrected chi connectivity index (χ2v) is 3.59. The lowest BCUT2D eigenvalue weighted by atomic mass is 10.1. The van der Waals surface area contributed by atoms with Crippen LogP contribution < -0.4 is 4.74 Å². The first kappa shape index (κ1) is 11.1. The largest absolute Gasteiger partial charge is 0.497 e. The van der Waals surface area contributed by atoms with Crippen LogP contribution in [0, 0.1) is 0 Å². The van der Waals surface area contributed by atoms with Crippen LogP contribution in [0.4, 0.5) is 0 Å². The second-order valence-electron chi connectivity index (χ2n) is 3.59. The van der Waals surface area contributed by atoms with Gasteiger partial charge in [0.1, 0.15) is 5.75 Å². The van der Waals surface area contributed by atoms with Gasteiger partial charge in [-0.3, -0.25) is 0 Å². The van der Waals surface area contributed by atoms with E-state index >= 15 is 0 Å². The Bertz CT molecular complexity index is 269. The van der Waals surface area contributed by atoms with Gasteiger partial charge in [0.2, 0.25) is 0 Å². The zero-order chi connectivity index (χ0) is 10.4. The minimum atomic E-state index is -0.194. The molecule has 78 valence electrons. The van der Waals surface area contributed by atoms with E-state index in [9.17, 15) is 0 Å². The van der Waals surface area contributed by atoms with E-state index in [0.29, 0.717) is 0 Å². The molecule has 1 N–H and O–H groups in total. The number of methoxy groups -OCH3 is 1. The molecule has 0 heterocycles. The van der Waals surface area contributed by atoms with Crippen LogP contribution >= 0.6 is 0 Å². The fraction of sp³-hybridized carbons (Fsp3) is 0.500. The van der Waals surface area contributed by atoms with Gasteiger partial charge in [0, 0.05) is 0 Å². The van der Waals surface area contributed by atoms with Crippen molar-refractivity contribution < 1.29 is 9.84 Å². The number of aliphatic hydroxyl groups excluding tert-OH is 1. The monoisotopic (exact) mass is 194 g/mol. The molecule has 0 aliphatic rings. The zero-order valence-electron chi connectivity index (χ0n) is 8.86. The third kappa shape index (κ3) is 3.79. The van der Waals surface area contributed by atoms with Crippen LogP contribution in [0.5, 0.6) is 5.75 Å². The summed E-state index contributed by atoms with van der Waals surface area (Å²) in [6.45, 7) is 1.82. The lowest BCUT2D eigenvalue weighted by Gasteiger charge is -2.05. The number of aryl methyl sites for hydroxylation is 1. The molecule has 2 nitrogen and oxygen atoms in total. The second kappa shape index (κ2) is 5.66. The van der Waals surface area contributed by atoms with Gasteiger partial charge in [-0.1, -0.05) is 12.1 Å². The van der Waals surface area contributed by atoms with Crippen LogP contribution in [0.3, 0.4) is 0 Å². The molecule has 1 aromatic rings. The van der Waals surface area contributed by atoms with E-state index in [1.807, 2.05) is 25.1 Å².